The molecule has 1 aliphatic carbocycles. The maximum absolute atomic E-state index is 13.7. The Bertz CT molecular complexity index is 1360. The third-order valence-electron chi connectivity index (χ3n) is 7.63. The fraction of sp³-hybridized carbons (Fsp3) is 0.500. The van der Waals surface area contributed by atoms with E-state index in [2.05, 4.69) is 35.3 Å². The highest BCUT2D eigenvalue weighted by Crippen LogP contribution is 2.41. The number of anilines is 1. The lowest BCUT2D eigenvalue weighted by molar-refractivity contribution is -0.160. The Morgan fingerprint density at radius 3 is 2.41 bits per heavy atom. The molecular weight excluding hydrogens is 512 g/mol. The van der Waals surface area contributed by atoms with Crippen molar-refractivity contribution in [2.45, 2.75) is 58.2 Å². The van der Waals surface area contributed by atoms with Crippen molar-refractivity contribution in [3.8, 4) is 5.75 Å². The number of benzene rings is 2. The van der Waals surface area contributed by atoms with E-state index in [1.807, 2.05) is 51.1 Å². The first kappa shape index (κ1) is 27.4. The van der Waals surface area contributed by atoms with Crippen LogP contribution in [0, 0.1) is 5.41 Å². The number of carbonyl (C=O) groups is 2. The molecule has 208 valence electrons. The number of rotatable bonds is 8. The van der Waals surface area contributed by atoms with Crippen LogP contribution in [0.3, 0.4) is 0 Å². The predicted octanol–water partition coefficient (Wildman–Crippen LogP) is 4.19. The van der Waals surface area contributed by atoms with Crippen molar-refractivity contribution in [1.82, 2.24) is 15.2 Å². The summed E-state index contributed by atoms with van der Waals surface area (Å²) in [6, 6.07) is 12.7. The summed E-state index contributed by atoms with van der Waals surface area (Å²) in [5.74, 6) is 0.337. The highest BCUT2D eigenvalue weighted by molar-refractivity contribution is 7.18. The third kappa shape index (κ3) is 5.75. The zero-order valence-corrected chi connectivity index (χ0v) is 24.5. The van der Waals surface area contributed by atoms with Crippen molar-refractivity contribution in [2.75, 3.05) is 39.2 Å². The van der Waals surface area contributed by atoms with E-state index in [0.29, 0.717) is 25.4 Å². The van der Waals surface area contributed by atoms with E-state index in [-0.39, 0.29) is 18.3 Å². The van der Waals surface area contributed by atoms with Crippen LogP contribution in [0.5, 0.6) is 5.75 Å². The largest absolute Gasteiger partial charge is 0.495 e. The Hall–Kier alpha value is -3.17. The maximum atomic E-state index is 13.7. The van der Waals surface area contributed by atoms with Gasteiger partial charge in [0.05, 0.1) is 41.4 Å². The number of carbonyl (C=O) groups excluding carboxylic acids is 2. The van der Waals surface area contributed by atoms with Crippen LogP contribution in [-0.2, 0) is 33.7 Å². The summed E-state index contributed by atoms with van der Waals surface area (Å²) in [7, 11) is 5.90. The molecule has 1 aliphatic heterocycles. The molecule has 8 nitrogen and oxygen atoms in total. The summed E-state index contributed by atoms with van der Waals surface area (Å²) in [6.07, 6.45) is 1.06. The molecule has 0 saturated carbocycles. The van der Waals surface area contributed by atoms with Gasteiger partial charge in [0.2, 0.25) is 5.91 Å². The molecule has 1 amide bonds. The molecule has 1 fully saturated rings. The monoisotopic (exact) mass is 550 g/mol. The Morgan fingerprint density at radius 1 is 1.15 bits per heavy atom. The van der Waals surface area contributed by atoms with Crippen molar-refractivity contribution in [2.24, 2.45) is 5.41 Å². The van der Waals surface area contributed by atoms with Gasteiger partial charge in [-0.1, -0.05) is 24.3 Å². The van der Waals surface area contributed by atoms with Crippen LogP contribution < -0.4 is 15.0 Å². The molecule has 0 spiro atoms. The average Bonchev–Trinajstić information content (AvgIpc) is 3.40. The molecule has 0 bridgehead atoms. The minimum Gasteiger partial charge on any atom is -0.495 e. The van der Waals surface area contributed by atoms with Gasteiger partial charge in [-0.3, -0.25) is 9.59 Å². The molecule has 3 aromatic rings. The van der Waals surface area contributed by atoms with Crippen molar-refractivity contribution in [1.29, 1.82) is 0 Å². The first-order valence-corrected chi connectivity index (χ1v) is 14.2. The van der Waals surface area contributed by atoms with E-state index in [4.69, 9.17) is 14.5 Å². The number of thiazole rings is 1. The molecule has 1 N–H and O–H groups in total. The molecule has 9 heteroatoms. The van der Waals surface area contributed by atoms with Crippen LogP contribution in [0.15, 0.2) is 36.4 Å². The number of likely N-dealkylation sites (N-methyl/N-ethyl adjacent to an activating group) is 1. The highest BCUT2D eigenvalue weighted by Gasteiger charge is 2.46. The highest BCUT2D eigenvalue weighted by atomic mass is 32.1. The van der Waals surface area contributed by atoms with Gasteiger partial charge >= 0.3 is 5.97 Å². The topological polar surface area (TPSA) is 84.0 Å². The van der Waals surface area contributed by atoms with Crippen LogP contribution in [0.25, 0.3) is 10.2 Å². The number of hydrogen-bond donors (Lipinski definition) is 1. The van der Waals surface area contributed by atoms with Gasteiger partial charge < -0.3 is 24.6 Å². The number of amides is 1. The molecule has 2 aromatic carbocycles. The smallest absolute Gasteiger partial charge is 0.307 e. The molecule has 1 aromatic heterocycles. The Kier molecular flexibility index (Phi) is 7.33. The molecule has 5 rings (SSSR count). The zero-order valence-electron chi connectivity index (χ0n) is 23.7. The van der Waals surface area contributed by atoms with Crippen molar-refractivity contribution in [3.05, 3.63) is 52.5 Å². The minimum absolute atomic E-state index is 0.0367. The van der Waals surface area contributed by atoms with E-state index in [9.17, 15) is 9.59 Å². The standard InChI is InChI=1S/C30H38N4O4S/c1-29(2,3)38-27(35)15-30(13-19-9-7-8-10-20(19)14-30)28(36)31-16-26-32-22-11-23(24(37-6)12-25(22)39-26)34-17-21(18-34)33(4)5/h7-12,21H,13-18H2,1-6H3,(H,31,36). The van der Waals surface area contributed by atoms with Gasteiger partial charge in [0.1, 0.15) is 16.4 Å². The van der Waals surface area contributed by atoms with E-state index < -0.39 is 11.0 Å². The summed E-state index contributed by atoms with van der Waals surface area (Å²) < 4.78 is 12.3. The van der Waals surface area contributed by atoms with Crippen molar-refractivity contribution < 1.29 is 19.1 Å². The second-order valence-electron chi connectivity index (χ2n) is 12.0. The molecular formula is C30H38N4O4S. The molecule has 0 unspecified atom stereocenters. The van der Waals surface area contributed by atoms with Crippen LogP contribution in [0.2, 0.25) is 0 Å². The van der Waals surface area contributed by atoms with E-state index >= 15 is 0 Å². The lowest BCUT2D eigenvalue weighted by atomic mass is 9.80. The predicted molar refractivity (Wildman–Crippen MR) is 154 cm³/mol. The number of nitrogens with zero attached hydrogens (tertiary/aromatic N) is 3. The minimum atomic E-state index is -0.875. The number of ether oxygens (including phenoxy) is 2. The van der Waals surface area contributed by atoms with Crippen molar-refractivity contribution >= 4 is 39.1 Å². The molecule has 2 heterocycles. The first-order valence-electron chi connectivity index (χ1n) is 13.4. The zero-order chi connectivity index (χ0) is 27.9. The number of esters is 1. The van der Waals surface area contributed by atoms with Crippen LogP contribution in [0.1, 0.15) is 43.3 Å². The Balaban J connectivity index is 1.32. The quantitative estimate of drug-likeness (QED) is 0.421. The summed E-state index contributed by atoms with van der Waals surface area (Å²) in [4.78, 5) is 36.0. The molecule has 39 heavy (non-hydrogen) atoms. The van der Waals surface area contributed by atoms with Gasteiger partial charge in [-0.2, -0.15) is 0 Å². The van der Waals surface area contributed by atoms with Gasteiger partial charge in [-0.25, -0.2) is 4.98 Å². The molecule has 2 aliphatic rings. The summed E-state index contributed by atoms with van der Waals surface area (Å²) in [5, 5.41) is 3.92. The first-order chi connectivity index (χ1) is 18.5. The number of methoxy groups -OCH3 is 1. The summed E-state index contributed by atoms with van der Waals surface area (Å²) in [6.45, 7) is 7.73. The van der Waals surface area contributed by atoms with E-state index in [0.717, 1.165) is 50.9 Å². The van der Waals surface area contributed by atoms with Crippen LogP contribution >= 0.6 is 11.3 Å². The second-order valence-corrected chi connectivity index (χ2v) is 13.1. The Morgan fingerprint density at radius 2 is 1.82 bits per heavy atom. The SMILES string of the molecule is COc1cc2sc(CNC(=O)C3(CC(=O)OC(C)(C)C)Cc4ccccc4C3)nc2cc1N1CC(N(C)C)C1. The molecule has 0 atom stereocenters. The van der Waals surface area contributed by atoms with Gasteiger partial charge in [0.15, 0.2) is 0 Å². The maximum Gasteiger partial charge on any atom is 0.307 e. The molecule has 1 saturated heterocycles. The third-order valence-corrected chi connectivity index (χ3v) is 8.65. The second kappa shape index (κ2) is 10.4. The van der Waals surface area contributed by atoms with Crippen LogP contribution in [0.4, 0.5) is 5.69 Å². The lowest BCUT2D eigenvalue weighted by Gasteiger charge is -2.44. The number of nitrogens with one attached hydrogen (secondary N) is 1. The number of aromatic nitrogens is 1. The molecule has 0 radical (unpaired) electrons. The summed E-state index contributed by atoms with van der Waals surface area (Å²) >= 11 is 1.55. The fourth-order valence-electron chi connectivity index (χ4n) is 5.51. The normalized spacial score (nSPS) is 16.7. The van der Waals surface area contributed by atoms with Gasteiger partial charge in [0.25, 0.3) is 0 Å². The van der Waals surface area contributed by atoms with Gasteiger partial charge in [-0.05, 0) is 64.9 Å². The number of fused-ring (bicyclic) bond motifs is 2. The fourth-order valence-corrected chi connectivity index (χ4v) is 6.43. The van der Waals surface area contributed by atoms with Gasteiger partial charge in [-0.15, -0.1) is 11.3 Å². The average molecular weight is 551 g/mol. The van der Waals surface area contributed by atoms with Gasteiger partial charge in [0, 0.05) is 25.2 Å². The number of hydrogen-bond acceptors (Lipinski definition) is 8. The summed E-state index contributed by atoms with van der Waals surface area (Å²) in [5.41, 5.74) is 2.68. The Labute approximate surface area is 234 Å². The lowest BCUT2D eigenvalue weighted by Crippen LogP contribution is -2.57. The van der Waals surface area contributed by atoms with Crippen LogP contribution in [-0.4, -0.2) is 67.7 Å². The van der Waals surface area contributed by atoms with Crippen molar-refractivity contribution in [3.63, 3.8) is 0 Å². The van der Waals surface area contributed by atoms with E-state index in [1.54, 1.807) is 18.4 Å². The van der Waals surface area contributed by atoms with E-state index in [1.165, 1.54) is 0 Å².